The van der Waals surface area contributed by atoms with Crippen LogP contribution in [0, 0.1) is 0 Å². The van der Waals surface area contributed by atoms with Gasteiger partial charge in [0.05, 0.1) is 6.10 Å². The standard InChI is InChI=1S/C14H27BrO/c15-12-8-4-2-1-3-5-9-13-16-14-10-6-7-11-14/h14H,1-13H2. The summed E-state index contributed by atoms with van der Waals surface area (Å²) in [5, 5.41) is 1.17. The van der Waals surface area contributed by atoms with Gasteiger partial charge < -0.3 is 4.74 Å². The van der Waals surface area contributed by atoms with Crippen LogP contribution >= 0.6 is 15.9 Å². The highest BCUT2D eigenvalue weighted by atomic mass is 79.9. The molecule has 0 spiro atoms. The number of alkyl halides is 1. The molecule has 0 saturated heterocycles. The molecular formula is C14H27BrO. The van der Waals surface area contributed by atoms with Gasteiger partial charge >= 0.3 is 0 Å². The second-order valence-corrected chi connectivity index (χ2v) is 5.73. The molecule has 1 saturated carbocycles. The van der Waals surface area contributed by atoms with Crippen LogP contribution in [0.15, 0.2) is 0 Å². The van der Waals surface area contributed by atoms with Crippen molar-refractivity contribution < 1.29 is 4.74 Å². The van der Waals surface area contributed by atoms with E-state index in [1.54, 1.807) is 0 Å². The van der Waals surface area contributed by atoms with Gasteiger partial charge in [-0.25, -0.2) is 0 Å². The van der Waals surface area contributed by atoms with E-state index in [2.05, 4.69) is 15.9 Å². The molecular weight excluding hydrogens is 264 g/mol. The quantitative estimate of drug-likeness (QED) is 0.403. The van der Waals surface area contributed by atoms with E-state index in [0.29, 0.717) is 6.10 Å². The first kappa shape index (κ1) is 14.5. The van der Waals surface area contributed by atoms with Gasteiger partial charge in [-0.1, -0.05) is 60.9 Å². The van der Waals surface area contributed by atoms with Crippen LogP contribution in [0.1, 0.15) is 70.6 Å². The van der Waals surface area contributed by atoms with Gasteiger partial charge in [-0.3, -0.25) is 0 Å². The van der Waals surface area contributed by atoms with E-state index in [-0.39, 0.29) is 0 Å². The van der Waals surface area contributed by atoms with Crippen molar-refractivity contribution in [2.45, 2.75) is 76.7 Å². The molecule has 0 aliphatic heterocycles. The Morgan fingerprint density at radius 1 is 0.812 bits per heavy atom. The third-order valence-corrected chi connectivity index (χ3v) is 3.99. The topological polar surface area (TPSA) is 9.23 Å². The Morgan fingerprint density at radius 3 is 2.00 bits per heavy atom. The molecule has 0 bridgehead atoms. The molecule has 16 heavy (non-hydrogen) atoms. The zero-order chi connectivity index (χ0) is 11.5. The first-order chi connectivity index (χ1) is 7.93. The third-order valence-electron chi connectivity index (χ3n) is 3.43. The van der Waals surface area contributed by atoms with Gasteiger partial charge in [-0.05, 0) is 25.7 Å². The second-order valence-electron chi connectivity index (χ2n) is 4.94. The number of hydrogen-bond acceptors (Lipinski definition) is 1. The fourth-order valence-corrected chi connectivity index (χ4v) is 2.78. The van der Waals surface area contributed by atoms with E-state index in [1.807, 2.05) is 0 Å². The van der Waals surface area contributed by atoms with E-state index in [0.717, 1.165) is 6.61 Å². The van der Waals surface area contributed by atoms with E-state index in [1.165, 1.54) is 76.0 Å². The first-order valence-corrected chi connectivity index (χ1v) is 8.23. The van der Waals surface area contributed by atoms with Crippen LogP contribution in [0.4, 0.5) is 0 Å². The summed E-state index contributed by atoms with van der Waals surface area (Å²) in [6.45, 7) is 1.01. The molecule has 1 nitrogen and oxygen atoms in total. The highest BCUT2D eigenvalue weighted by Crippen LogP contribution is 2.21. The van der Waals surface area contributed by atoms with Crippen LogP contribution in [-0.4, -0.2) is 18.0 Å². The third kappa shape index (κ3) is 7.67. The van der Waals surface area contributed by atoms with Gasteiger partial charge in [0.2, 0.25) is 0 Å². The molecule has 0 atom stereocenters. The molecule has 0 unspecified atom stereocenters. The van der Waals surface area contributed by atoms with Gasteiger partial charge in [-0.15, -0.1) is 0 Å². The van der Waals surface area contributed by atoms with Crippen molar-refractivity contribution in [1.82, 2.24) is 0 Å². The Morgan fingerprint density at radius 2 is 1.38 bits per heavy atom. The smallest absolute Gasteiger partial charge is 0.0575 e. The number of halogens is 1. The predicted octanol–water partition coefficient (Wildman–Crippen LogP) is 5.07. The van der Waals surface area contributed by atoms with Crippen molar-refractivity contribution in [1.29, 1.82) is 0 Å². The van der Waals surface area contributed by atoms with Crippen molar-refractivity contribution in [3.63, 3.8) is 0 Å². The Bertz CT molecular complexity index is 144. The molecule has 1 rings (SSSR count). The monoisotopic (exact) mass is 290 g/mol. The van der Waals surface area contributed by atoms with Crippen LogP contribution < -0.4 is 0 Å². The lowest BCUT2D eigenvalue weighted by atomic mass is 10.1. The predicted molar refractivity (Wildman–Crippen MR) is 74.3 cm³/mol. The molecule has 0 radical (unpaired) electrons. The fourth-order valence-electron chi connectivity index (χ4n) is 2.39. The lowest BCUT2D eigenvalue weighted by Crippen LogP contribution is -2.08. The second kappa shape index (κ2) is 10.6. The van der Waals surface area contributed by atoms with E-state index in [4.69, 9.17) is 4.74 Å². The van der Waals surface area contributed by atoms with Crippen molar-refractivity contribution in [2.24, 2.45) is 0 Å². The molecule has 2 heteroatoms. The van der Waals surface area contributed by atoms with Crippen molar-refractivity contribution >= 4 is 15.9 Å². The number of unbranched alkanes of at least 4 members (excludes halogenated alkanes) is 6. The van der Waals surface area contributed by atoms with Crippen LogP contribution in [0.3, 0.4) is 0 Å². The summed E-state index contributed by atoms with van der Waals surface area (Å²) in [7, 11) is 0. The first-order valence-electron chi connectivity index (χ1n) is 7.11. The molecule has 0 aromatic rings. The minimum atomic E-state index is 0.610. The summed E-state index contributed by atoms with van der Waals surface area (Å²) in [6.07, 6.45) is 15.6. The van der Waals surface area contributed by atoms with Crippen molar-refractivity contribution in [3.8, 4) is 0 Å². The van der Waals surface area contributed by atoms with Crippen molar-refractivity contribution in [2.75, 3.05) is 11.9 Å². The fraction of sp³-hybridized carbons (Fsp3) is 1.00. The van der Waals surface area contributed by atoms with E-state index in [9.17, 15) is 0 Å². The van der Waals surface area contributed by atoms with Crippen molar-refractivity contribution in [3.05, 3.63) is 0 Å². The summed E-state index contributed by atoms with van der Waals surface area (Å²) in [6, 6.07) is 0. The Hall–Kier alpha value is 0.440. The highest BCUT2D eigenvalue weighted by molar-refractivity contribution is 9.09. The van der Waals surface area contributed by atoms with Crippen LogP contribution in [0.2, 0.25) is 0 Å². The maximum Gasteiger partial charge on any atom is 0.0575 e. The van der Waals surface area contributed by atoms with Gasteiger partial charge in [0.1, 0.15) is 0 Å². The van der Waals surface area contributed by atoms with E-state index >= 15 is 0 Å². The zero-order valence-corrected chi connectivity index (χ0v) is 12.1. The summed E-state index contributed by atoms with van der Waals surface area (Å²) in [5.41, 5.74) is 0. The molecule has 0 amide bonds. The molecule has 0 aromatic carbocycles. The molecule has 0 aromatic heterocycles. The number of ether oxygens (including phenoxy) is 1. The van der Waals surface area contributed by atoms with Gasteiger partial charge in [0, 0.05) is 11.9 Å². The Balaban J connectivity index is 1.71. The van der Waals surface area contributed by atoms with E-state index < -0.39 is 0 Å². The lowest BCUT2D eigenvalue weighted by Gasteiger charge is -2.10. The number of hydrogen-bond donors (Lipinski definition) is 0. The Kier molecular flexibility index (Phi) is 9.59. The molecule has 1 aliphatic rings. The van der Waals surface area contributed by atoms with Crippen LogP contribution in [0.5, 0.6) is 0 Å². The normalized spacial score (nSPS) is 17.1. The SMILES string of the molecule is BrCCCCCCCCCOC1CCCC1. The average Bonchev–Trinajstić information content (AvgIpc) is 2.80. The largest absolute Gasteiger partial charge is 0.378 e. The highest BCUT2D eigenvalue weighted by Gasteiger charge is 2.14. The summed E-state index contributed by atoms with van der Waals surface area (Å²) >= 11 is 3.47. The molecule has 0 heterocycles. The zero-order valence-electron chi connectivity index (χ0n) is 10.6. The molecule has 1 aliphatic carbocycles. The summed E-state index contributed by atoms with van der Waals surface area (Å²) in [5.74, 6) is 0. The molecule has 0 N–H and O–H groups in total. The van der Waals surface area contributed by atoms with Crippen LogP contribution in [0.25, 0.3) is 0 Å². The Labute approximate surface area is 109 Å². The maximum atomic E-state index is 5.84. The van der Waals surface area contributed by atoms with Crippen LogP contribution in [-0.2, 0) is 4.74 Å². The van der Waals surface area contributed by atoms with Gasteiger partial charge in [-0.2, -0.15) is 0 Å². The minimum absolute atomic E-state index is 0.610. The maximum absolute atomic E-state index is 5.84. The van der Waals surface area contributed by atoms with Gasteiger partial charge in [0.25, 0.3) is 0 Å². The lowest BCUT2D eigenvalue weighted by molar-refractivity contribution is 0.0556. The average molecular weight is 291 g/mol. The minimum Gasteiger partial charge on any atom is -0.378 e. The van der Waals surface area contributed by atoms with Gasteiger partial charge in [0.15, 0.2) is 0 Å². The summed E-state index contributed by atoms with van der Waals surface area (Å²) in [4.78, 5) is 0. The molecule has 1 fully saturated rings. The summed E-state index contributed by atoms with van der Waals surface area (Å²) < 4.78 is 5.84. The number of rotatable bonds is 10. The molecule has 96 valence electrons.